The van der Waals surface area contributed by atoms with Gasteiger partial charge in [0, 0.05) is 19.1 Å². The summed E-state index contributed by atoms with van der Waals surface area (Å²) in [7, 11) is 2.13. The highest BCUT2D eigenvalue weighted by Gasteiger charge is 2.19. The van der Waals surface area contributed by atoms with Gasteiger partial charge in [-0.1, -0.05) is 30.5 Å². The fraction of sp³-hybridized carbons (Fsp3) is 0.533. The maximum Gasteiger partial charge on any atom is 0.339 e. The predicted molar refractivity (Wildman–Crippen MR) is 81.8 cm³/mol. The van der Waals surface area contributed by atoms with Crippen LogP contribution in [0.25, 0.3) is 0 Å². The quantitative estimate of drug-likeness (QED) is 0.845. The van der Waals surface area contributed by atoms with E-state index in [1.807, 2.05) is 0 Å². The zero-order valence-corrected chi connectivity index (χ0v) is 12.5. The van der Waals surface area contributed by atoms with E-state index in [0.717, 1.165) is 6.54 Å². The Kier molecular flexibility index (Phi) is 5.26. The first kappa shape index (κ1) is 15.1. The van der Waals surface area contributed by atoms with Crippen molar-refractivity contribution in [1.29, 1.82) is 0 Å². The summed E-state index contributed by atoms with van der Waals surface area (Å²) in [6.07, 6.45) is 5.18. The number of anilines is 1. The minimum Gasteiger partial charge on any atom is -0.478 e. The zero-order chi connectivity index (χ0) is 14.5. The van der Waals surface area contributed by atoms with Gasteiger partial charge in [0.1, 0.15) is 5.56 Å². The van der Waals surface area contributed by atoms with Gasteiger partial charge in [0.2, 0.25) is 0 Å². The molecular formula is C15H21ClN2O2. The van der Waals surface area contributed by atoms with Gasteiger partial charge in [0.15, 0.2) is 0 Å². The highest BCUT2D eigenvalue weighted by atomic mass is 35.5. The van der Waals surface area contributed by atoms with Gasteiger partial charge in [-0.15, -0.1) is 0 Å². The Morgan fingerprint density at radius 3 is 2.80 bits per heavy atom. The van der Waals surface area contributed by atoms with Gasteiger partial charge in [-0.05, 0) is 32.0 Å². The van der Waals surface area contributed by atoms with Gasteiger partial charge < -0.3 is 15.3 Å². The van der Waals surface area contributed by atoms with Crippen molar-refractivity contribution in [3.8, 4) is 0 Å². The number of nitrogens with zero attached hydrogens (tertiary/aromatic N) is 1. The van der Waals surface area contributed by atoms with Crippen molar-refractivity contribution in [1.82, 2.24) is 4.90 Å². The second-order valence-corrected chi connectivity index (χ2v) is 5.72. The summed E-state index contributed by atoms with van der Waals surface area (Å²) in [6, 6.07) is 5.79. The van der Waals surface area contributed by atoms with E-state index in [2.05, 4.69) is 17.3 Å². The van der Waals surface area contributed by atoms with E-state index in [9.17, 15) is 9.90 Å². The number of rotatable bonds is 6. The van der Waals surface area contributed by atoms with Gasteiger partial charge >= 0.3 is 5.97 Å². The van der Waals surface area contributed by atoms with Crippen LogP contribution in [0.2, 0.25) is 5.02 Å². The van der Waals surface area contributed by atoms with Gasteiger partial charge in [0.25, 0.3) is 0 Å². The molecule has 2 rings (SSSR count). The summed E-state index contributed by atoms with van der Waals surface area (Å²) in [5.74, 6) is -0.998. The molecule has 1 fully saturated rings. The Bertz CT molecular complexity index is 473. The first-order valence-electron chi connectivity index (χ1n) is 7.05. The lowest BCUT2D eigenvalue weighted by atomic mass is 10.1. The summed E-state index contributed by atoms with van der Waals surface area (Å²) >= 11 is 5.94. The van der Waals surface area contributed by atoms with Crippen molar-refractivity contribution in [3.05, 3.63) is 28.8 Å². The molecule has 0 aromatic heterocycles. The third-order valence-electron chi connectivity index (χ3n) is 3.96. The summed E-state index contributed by atoms with van der Waals surface area (Å²) in [5.41, 5.74) is 0.738. The second kappa shape index (κ2) is 6.95. The third-order valence-corrected chi connectivity index (χ3v) is 4.27. The largest absolute Gasteiger partial charge is 0.478 e. The lowest BCUT2D eigenvalue weighted by Crippen LogP contribution is -2.33. The maximum atomic E-state index is 11.2. The molecule has 1 aromatic rings. The van der Waals surface area contributed by atoms with E-state index < -0.39 is 5.97 Å². The lowest BCUT2D eigenvalue weighted by Gasteiger charge is -2.24. The topological polar surface area (TPSA) is 52.6 Å². The number of aromatic carboxylic acids is 1. The molecule has 4 nitrogen and oxygen atoms in total. The molecule has 0 heterocycles. The van der Waals surface area contributed by atoms with Gasteiger partial charge in [0.05, 0.1) is 10.7 Å². The van der Waals surface area contributed by atoms with Crippen molar-refractivity contribution < 1.29 is 9.90 Å². The molecule has 110 valence electrons. The molecule has 20 heavy (non-hydrogen) atoms. The van der Waals surface area contributed by atoms with Crippen LogP contribution in [0.4, 0.5) is 5.69 Å². The molecule has 0 amide bonds. The summed E-state index contributed by atoms with van der Waals surface area (Å²) in [4.78, 5) is 13.6. The fourth-order valence-corrected chi connectivity index (χ4v) is 3.04. The number of likely N-dealkylation sites (N-methyl/N-ethyl adjacent to an activating group) is 1. The fourth-order valence-electron chi connectivity index (χ4n) is 2.78. The van der Waals surface area contributed by atoms with Crippen LogP contribution in [0.5, 0.6) is 0 Å². The predicted octanol–water partition coefficient (Wildman–Crippen LogP) is 3.32. The van der Waals surface area contributed by atoms with Crippen LogP contribution in [0.3, 0.4) is 0 Å². The molecule has 0 spiro atoms. The van der Waals surface area contributed by atoms with E-state index in [-0.39, 0.29) is 10.6 Å². The zero-order valence-electron chi connectivity index (χ0n) is 11.7. The van der Waals surface area contributed by atoms with Gasteiger partial charge in [-0.3, -0.25) is 0 Å². The first-order chi connectivity index (χ1) is 9.59. The normalized spacial score (nSPS) is 15.8. The first-order valence-corrected chi connectivity index (χ1v) is 7.43. The average Bonchev–Trinajstić information content (AvgIpc) is 2.92. The van der Waals surface area contributed by atoms with E-state index in [0.29, 0.717) is 18.3 Å². The van der Waals surface area contributed by atoms with E-state index in [4.69, 9.17) is 11.6 Å². The van der Waals surface area contributed by atoms with Crippen molar-refractivity contribution in [2.75, 3.05) is 25.5 Å². The second-order valence-electron chi connectivity index (χ2n) is 5.31. The molecule has 0 atom stereocenters. The Labute approximate surface area is 124 Å². The molecule has 0 bridgehead atoms. The highest BCUT2D eigenvalue weighted by molar-refractivity contribution is 6.34. The van der Waals surface area contributed by atoms with Crippen LogP contribution in [0.15, 0.2) is 18.2 Å². The van der Waals surface area contributed by atoms with E-state index in [1.54, 1.807) is 18.2 Å². The molecule has 0 aliphatic heterocycles. The van der Waals surface area contributed by atoms with Crippen LogP contribution in [0, 0.1) is 0 Å². The standard InChI is InChI=1S/C15H21ClN2O2/c1-18(11-5-2-3-6-11)10-9-17-13-8-4-7-12(16)14(13)15(19)20/h4,7-8,11,17H,2-3,5-6,9-10H2,1H3,(H,19,20). The number of hydrogen-bond acceptors (Lipinski definition) is 3. The Morgan fingerprint density at radius 2 is 2.15 bits per heavy atom. The Balaban J connectivity index is 1.90. The smallest absolute Gasteiger partial charge is 0.339 e. The van der Waals surface area contributed by atoms with Gasteiger partial charge in [-0.25, -0.2) is 4.79 Å². The SMILES string of the molecule is CN(CCNc1cccc(Cl)c1C(=O)O)C1CCCC1. The summed E-state index contributed by atoms with van der Waals surface area (Å²) < 4.78 is 0. The molecule has 0 saturated heterocycles. The number of halogens is 1. The van der Waals surface area contributed by atoms with E-state index >= 15 is 0 Å². The Morgan fingerprint density at radius 1 is 1.45 bits per heavy atom. The number of hydrogen-bond donors (Lipinski definition) is 2. The molecule has 5 heteroatoms. The number of nitrogens with one attached hydrogen (secondary N) is 1. The van der Waals surface area contributed by atoms with E-state index in [1.165, 1.54) is 25.7 Å². The molecular weight excluding hydrogens is 276 g/mol. The molecule has 1 saturated carbocycles. The number of benzene rings is 1. The Hall–Kier alpha value is -1.26. The maximum absolute atomic E-state index is 11.2. The monoisotopic (exact) mass is 296 g/mol. The van der Waals surface area contributed by atoms with Crippen molar-refractivity contribution in [2.45, 2.75) is 31.7 Å². The van der Waals surface area contributed by atoms with Crippen molar-refractivity contribution >= 4 is 23.3 Å². The van der Waals surface area contributed by atoms with Crippen molar-refractivity contribution in [3.63, 3.8) is 0 Å². The van der Waals surface area contributed by atoms with Crippen molar-refractivity contribution in [2.24, 2.45) is 0 Å². The molecule has 1 aliphatic rings. The molecule has 1 aromatic carbocycles. The van der Waals surface area contributed by atoms with Gasteiger partial charge in [-0.2, -0.15) is 0 Å². The van der Waals surface area contributed by atoms with Crippen LogP contribution < -0.4 is 5.32 Å². The van der Waals surface area contributed by atoms with Crippen LogP contribution in [0.1, 0.15) is 36.0 Å². The molecule has 2 N–H and O–H groups in total. The number of carbonyl (C=O) groups is 1. The highest BCUT2D eigenvalue weighted by Crippen LogP contribution is 2.25. The lowest BCUT2D eigenvalue weighted by molar-refractivity contribution is 0.0698. The van der Waals surface area contributed by atoms with Crippen LogP contribution >= 0.6 is 11.6 Å². The number of carboxylic acid groups (broad SMARTS) is 1. The van der Waals surface area contributed by atoms with Crippen LogP contribution in [-0.2, 0) is 0 Å². The minimum atomic E-state index is -0.998. The minimum absolute atomic E-state index is 0.151. The summed E-state index contributed by atoms with van der Waals surface area (Å²) in [5, 5.41) is 12.6. The third kappa shape index (κ3) is 3.64. The summed E-state index contributed by atoms with van der Waals surface area (Å²) in [6.45, 7) is 1.61. The molecule has 0 radical (unpaired) electrons. The van der Waals surface area contributed by atoms with Crippen LogP contribution in [-0.4, -0.2) is 42.2 Å². The molecule has 1 aliphatic carbocycles. The molecule has 0 unspecified atom stereocenters. The average molecular weight is 297 g/mol. The number of carboxylic acids is 1.